The molecule has 0 saturated carbocycles. The molecular weight excluding hydrogens is 302 g/mol. The van der Waals surface area contributed by atoms with Crippen LogP contribution in [0.25, 0.3) is 0 Å². The minimum atomic E-state index is -0.267. The summed E-state index contributed by atoms with van der Waals surface area (Å²) in [6.07, 6.45) is 1.79. The van der Waals surface area contributed by atoms with Crippen LogP contribution < -0.4 is 5.32 Å². The Kier molecular flexibility index (Phi) is 5.81. The molecule has 2 fully saturated rings. The Bertz CT molecular complexity index is 529. The van der Waals surface area contributed by atoms with Crippen molar-refractivity contribution in [1.82, 2.24) is 25.0 Å². The molecule has 1 N–H and O–H groups in total. The molecule has 24 heavy (non-hydrogen) atoms. The number of hydrogen-bond donors (Lipinski definition) is 1. The Balaban J connectivity index is 1.80. The van der Waals surface area contributed by atoms with Gasteiger partial charge in [0.1, 0.15) is 6.04 Å². The average molecular weight is 331 g/mol. The fourth-order valence-corrected chi connectivity index (χ4v) is 3.67. The molecular formula is C18H29N5O. The van der Waals surface area contributed by atoms with E-state index in [4.69, 9.17) is 0 Å². The summed E-state index contributed by atoms with van der Waals surface area (Å²) in [6.45, 7) is 11.7. The van der Waals surface area contributed by atoms with Gasteiger partial charge in [-0.3, -0.25) is 14.7 Å². The van der Waals surface area contributed by atoms with Crippen molar-refractivity contribution in [2.45, 2.75) is 25.9 Å². The number of pyridine rings is 1. The Labute approximate surface area is 144 Å². The summed E-state index contributed by atoms with van der Waals surface area (Å²) in [5.74, 6) is 0.207. The van der Waals surface area contributed by atoms with Gasteiger partial charge in [-0.05, 0) is 25.6 Å². The van der Waals surface area contributed by atoms with Crippen LogP contribution in [0.4, 0.5) is 0 Å². The summed E-state index contributed by atoms with van der Waals surface area (Å²) in [7, 11) is 0. The molecule has 3 rings (SSSR count). The molecule has 2 atom stereocenters. The number of rotatable bonds is 4. The van der Waals surface area contributed by atoms with Gasteiger partial charge >= 0.3 is 0 Å². The molecule has 132 valence electrons. The molecule has 3 heterocycles. The second kappa shape index (κ2) is 8.05. The molecule has 0 aromatic carbocycles. The number of amides is 1. The summed E-state index contributed by atoms with van der Waals surface area (Å²) in [6, 6.07) is 5.93. The van der Waals surface area contributed by atoms with E-state index in [0.29, 0.717) is 6.04 Å². The van der Waals surface area contributed by atoms with Gasteiger partial charge in [-0.1, -0.05) is 13.0 Å². The molecule has 6 heteroatoms. The molecule has 2 unspecified atom stereocenters. The van der Waals surface area contributed by atoms with E-state index in [-0.39, 0.29) is 11.9 Å². The van der Waals surface area contributed by atoms with Gasteiger partial charge in [-0.2, -0.15) is 0 Å². The number of aromatic nitrogens is 1. The Morgan fingerprint density at radius 2 is 2.08 bits per heavy atom. The highest BCUT2D eigenvalue weighted by Crippen LogP contribution is 2.25. The van der Waals surface area contributed by atoms with E-state index in [9.17, 15) is 4.79 Å². The van der Waals surface area contributed by atoms with Crippen molar-refractivity contribution in [3.63, 3.8) is 0 Å². The van der Waals surface area contributed by atoms with Crippen LogP contribution in [0.5, 0.6) is 0 Å². The second-order valence-corrected chi connectivity index (χ2v) is 6.71. The maximum atomic E-state index is 13.3. The molecule has 0 bridgehead atoms. The predicted molar refractivity (Wildman–Crippen MR) is 94.7 cm³/mol. The molecule has 1 amide bonds. The van der Waals surface area contributed by atoms with Gasteiger partial charge in [0.25, 0.3) is 0 Å². The molecule has 0 aliphatic carbocycles. The standard InChI is InChI=1S/C18H29N5O/c1-3-21-10-12-22(13-11-21)18(24)17(16-6-4-5-7-20-16)23-9-8-19-14-15(23)2/h4-7,15,17,19H,3,8-14H2,1-2H3. The molecule has 6 nitrogen and oxygen atoms in total. The van der Waals surface area contributed by atoms with Crippen LogP contribution in [-0.2, 0) is 4.79 Å². The topological polar surface area (TPSA) is 51.7 Å². The third-order valence-corrected chi connectivity index (χ3v) is 5.22. The Morgan fingerprint density at radius 1 is 1.29 bits per heavy atom. The number of nitrogens with one attached hydrogen (secondary N) is 1. The minimum Gasteiger partial charge on any atom is -0.338 e. The molecule has 0 radical (unpaired) electrons. The van der Waals surface area contributed by atoms with Gasteiger partial charge < -0.3 is 15.1 Å². The number of carbonyl (C=O) groups is 1. The maximum absolute atomic E-state index is 13.3. The van der Waals surface area contributed by atoms with Crippen molar-refractivity contribution in [1.29, 1.82) is 0 Å². The number of nitrogens with zero attached hydrogens (tertiary/aromatic N) is 4. The van der Waals surface area contributed by atoms with Crippen LogP contribution in [0.3, 0.4) is 0 Å². The van der Waals surface area contributed by atoms with Gasteiger partial charge in [0.2, 0.25) is 5.91 Å². The van der Waals surface area contributed by atoms with E-state index in [1.807, 2.05) is 23.1 Å². The zero-order chi connectivity index (χ0) is 16.9. The fourth-order valence-electron chi connectivity index (χ4n) is 3.67. The maximum Gasteiger partial charge on any atom is 0.246 e. The molecule has 2 aliphatic rings. The zero-order valence-electron chi connectivity index (χ0n) is 14.8. The molecule has 2 saturated heterocycles. The number of carbonyl (C=O) groups excluding carboxylic acids is 1. The van der Waals surface area contributed by atoms with Crippen LogP contribution in [0.2, 0.25) is 0 Å². The van der Waals surface area contributed by atoms with Gasteiger partial charge in [-0.15, -0.1) is 0 Å². The van der Waals surface area contributed by atoms with Crippen molar-refractivity contribution in [3.05, 3.63) is 30.1 Å². The van der Waals surface area contributed by atoms with Crippen LogP contribution >= 0.6 is 0 Å². The van der Waals surface area contributed by atoms with Crippen molar-refractivity contribution in [2.75, 3.05) is 52.4 Å². The lowest BCUT2D eigenvalue weighted by atomic mass is 10.0. The van der Waals surface area contributed by atoms with Crippen molar-refractivity contribution >= 4 is 5.91 Å². The summed E-state index contributed by atoms with van der Waals surface area (Å²) >= 11 is 0. The monoisotopic (exact) mass is 331 g/mol. The van der Waals surface area contributed by atoms with Gasteiger partial charge in [0.05, 0.1) is 5.69 Å². The fraction of sp³-hybridized carbons (Fsp3) is 0.667. The minimum absolute atomic E-state index is 0.207. The number of likely N-dealkylation sites (N-methyl/N-ethyl adjacent to an activating group) is 1. The van der Waals surface area contributed by atoms with Crippen LogP contribution in [0.15, 0.2) is 24.4 Å². The first kappa shape index (κ1) is 17.3. The first-order valence-corrected chi connectivity index (χ1v) is 9.09. The smallest absolute Gasteiger partial charge is 0.246 e. The number of hydrogen-bond acceptors (Lipinski definition) is 5. The van der Waals surface area contributed by atoms with Gasteiger partial charge in [-0.25, -0.2) is 0 Å². The molecule has 1 aromatic rings. The van der Waals surface area contributed by atoms with Crippen molar-refractivity contribution < 1.29 is 4.79 Å². The molecule has 2 aliphatic heterocycles. The first-order chi connectivity index (χ1) is 11.7. The molecule has 0 spiro atoms. The van der Waals surface area contributed by atoms with E-state index >= 15 is 0 Å². The van der Waals surface area contributed by atoms with Crippen LogP contribution in [0, 0.1) is 0 Å². The number of piperazine rings is 2. The predicted octanol–water partition coefficient (Wildman–Crippen LogP) is 0.581. The third kappa shape index (κ3) is 3.77. The Hall–Kier alpha value is -1.50. The SMILES string of the molecule is CCN1CCN(C(=O)C(c2ccccn2)N2CCNCC2C)CC1. The lowest BCUT2D eigenvalue weighted by Crippen LogP contribution is -2.57. The lowest BCUT2D eigenvalue weighted by Gasteiger charge is -2.42. The molecule has 1 aromatic heterocycles. The average Bonchev–Trinajstić information content (AvgIpc) is 2.64. The largest absolute Gasteiger partial charge is 0.338 e. The highest BCUT2D eigenvalue weighted by molar-refractivity contribution is 5.83. The quantitative estimate of drug-likeness (QED) is 0.875. The summed E-state index contributed by atoms with van der Waals surface area (Å²) in [5, 5.41) is 3.41. The summed E-state index contributed by atoms with van der Waals surface area (Å²) < 4.78 is 0. The van der Waals surface area contributed by atoms with Crippen LogP contribution in [0.1, 0.15) is 25.6 Å². The highest BCUT2D eigenvalue weighted by atomic mass is 16.2. The second-order valence-electron chi connectivity index (χ2n) is 6.71. The van der Waals surface area contributed by atoms with Crippen molar-refractivity contribution in [3.8, 4) is 0 Å². The van der Waals surface area contributed by atoms with Gasteiger partial charge in [0.15, 0.2) is 0 Å². The lowest BCUT2D eigenvalue weighted by molar-refractivity contribution is -0.140. The summed E-state index contributed by atoms with van der Waals surface area (Å²) in [4.78, 5) is 24.6. The van der Waals surface area contributed by atoms with E-state index in [1.54, 1.807) is 6.20 Å². The third-order valence-electron chi connectivity index (χ3n) is 5.22. The van der Waals surface area contributed by atoms with Crippen molar-refractivity contribution in [2.24, 2.45) is 0 Å². The van der Waals surface area contributed by atoms with Crippen LogP contribution in [-0.4, -0.2) is 84.0 Å². The summed E-state index contributed by atoms with van der Waals surface area (Å²) in [5.41, 5.74) is 0.870. The van der Waals surface area contributed by atoms with E-state index < -0.39 is 0 Å². The van der Waals surface area contributed by atoms with E-state index in [2.05, 4.69) is 33.9 Å². The first-order valence-electron chi connectivity index (χ1n) is 9.09. The highest BCUT2D eigenvalue weighted by Gasteiger charge is 2.36. The zero-order valence-corrected chi connectivity index (χ0v) is 14.8. The van der Waals surface area contributed by atoms with E-state index in [0.717, 1.165) is 58.1 Å². The Morgan fingerprint density at radius 3 is 2.71 bits per heavy atom. The normalized spacial score (nSPS) is 24.8. The van der Waals surface area contributed by atoms with E-state index in [1.165, 1.54) is 0 Å². The van der Waals surface area contributed by atoms with Gasteiger partial charge in [0, 0.05) is 58.1 Å².